The monoisotopic (exact) mass is 749 g/mol. The van der Waals surface area contributed by atoms with Crippen LogP contribution in [-0.4, -0.2) is 41.6 Å². The van der Waals surface area contributed by atoms with E-state index < -0.39 is 45.8 Å². The van der Waals surface area contributed by atoms with Crippen LogP contribution in [0.3, 0.4) is 0 Å². The fraction of sp³-hybridized carbons (Fsp3) is 0.0857. The maximum absolute atomic E-state index is 14.5. The molecule has 0 saturated heterocycles. The Hall–Kier alpha value is -5.25. The van der Waals surface area contributed by atoms with Crippen molar-refractivity contribution in [3.63, 3.8) is 0 Å². The van der Waals surface area contributed by atoms with E-state index in [1.165, 1.54) is 53.9 Å². The molecule has 0 aliphatic carbocycles. The van der Waals surface area contributed by atoms with Gasteiger partial charge in [-0.15, -0.1) is 0 Å². The van der Waals surface area contributed by atoms with E-state index in [-0.39, 0.29) is 16.4 Å². The molecule has 51 heavy (non-hydrogen) atoms. The molecule has 2 N–H and O–H groups in total. The predicted octanol–water partition coefficient (Wildman–Crippen LogP) is 7.77. The third-order valence-electron chi connectivity index (χ3n) is 7.62. The quantitative estimate of drug-likeness (QED) is 0.0619. The van der Waals surface area contributed by atoms with Crippen molar-refractivity contribution >= 4 is 62.9 Å². The zero-order chi connectivity index (χ0) is 36.6. The van der Waals surface area contributed by atoms with Gasteiger partial charge in [-0.2, -0.15) is 0 Å². The molecule has 0 fully saturated rings. The molecule has 0 unspecified atom stereocenters. The number of aryl methyl sites for hydroxylation is 1. The van der Waals surface area contributed by atoms with E-state index in [0.717, 1.165) is 44.5 Å². The molecule has 0 saturated carbocycles. The van der Waals surface area contributed by atoms with Crippen LogP contribution in [0.1, 0.15) is 5.56 Å². The van der Waals surface area contributed by atoms with Crippen LogP contribution in [-0.2, 0) is 0 Å². The summed E-state index contributed by atoms with van der Waals surface area (Å²) in [4.78, 5) is 42.0. The first-order chi connectivity index (χ1) is 24.4. The number of halogens is 5. The van der Waals surface area contributed by atoms with Crippen LogP contribution in [0.25, 0.3) is 44.7 Å². The van der Waals surface area contributed by atoms with E-state index >= 15 is 0 Å². The van der Waals surface area contributed by atoms with E-state index in [0.29, 0.717) is 32.5 Å². The van der Waals surface area contributed by atoms with Crippen LogP contribution in [0.15, 0.2) is 98.8 Å². The number of aromatic nitrogens is 6. The summed E-state index contributed by atoms with van der Waals surface area (Å²) in [5.41, 5.74) is 6.74. The summed E-state index contributed by atoms with van der Waals surface area (Å²) in [6.45, 7) is 1.91. The number of fused-ring (bicyclic) bond motifs is 2. The largest absolute Gasteiger partial charge is 0.399 e. The van der Waals surface area contributed by atoms with E-state index in [1.54, 1.807) is 30.7 Å². The number of pyridine rings is 2. The number of nitrogen functional groups attached to an aromatic ring is 1. The molecule has 4 aromatic heterocycles. The van der Waals surface area contributed by atoms with Crippen LogP contribution in [0.4, 0.5) is 23.2 Å². The van der Waals surface area contributed by atoms with E-state index in [9.17, 15) is 27.2 Å². The van der Waals surface area contributed by atoms with Crippen molar-refractivity contribution in [1.29, 1.82) is 0 Å². The summed E-state index contributed by atoms with van der Waals surface area (Å²) in [7, 11) is 0. The van der Waals surface area contributed by atoms with Gasteiger partial charge in [0, 0.05) is 28.8 Å². The molecule has 0 aliphatic rings. The first kappa shape index (κ1) is 35.6. The lowest BCUT2D eigenvalue weighted by Gasteiger charge is -2.15. The molecule has 9 nitrogen and oxygen atoms in total. The zero-order valence-corrected chi connectivity index (χ0v) is 29.2. The van der Waals surface area contributed by atoms with Gasteiger partial charge in [0.05, 0.1) is 11.1 Å². The van der Waals surface area contributed by atoms with Crippen LogP contribution in [0, 0.1) is 30.2 Å². The topological polar surface area (TPSA) is 122 Å². The Morgan fingerprint density at radius 1 is 0.647 bits per heavy atom. The lowest BCUT2D eigenvalue weighted by Crippen LogP contribution is -2.21. The zero-order valence-electron chi connectivity index (χ0n) is 26.8. The summed E-state index contributed by atoms with van der Waals surface area (Å²) in [5.74, 6) is -3.44. The number of hydrogen-bond acceptors (Lipinski definition) is 9. The van der Waals surface area contributed by atoms with Crippen LogP contribution >= 0.6 is 35.1 Å². The summed E-state index contributed by atoms with van der Waals surface area (Å²) in [6.07, 6.45) is 3.51. The summed E-state index contributed by atoms with van der Waals surface area (Å²) in [5, 5.41) is 1.60. The molecule has 0 spiro atoms. The SMILES string of the molecule is CSc1nc(-c2cc(N)ccc2C)c2ccc(=O)n(-c3c(F)cccc3F)c2n1.CSc1nc(Cl)c2ccc(=O)n(-c3c(F)cccc3F)c2n1. The molecular formula is C35H24ClF4N7O2S2. The Labute approximate surface area is 300 Å². The molecule has 258 valence electrons. The summed E-state index contributed by atoms with van der Waals surface area (Å²) < 4.78 is 58.9. The third kappa shape index (κ3) is 6.79. The highest BCUT2D eigenvalue weighted by Gasteiger charge is 2.21. The second kappa shape index (κ2) is 14.5. The van der Waals surface area contributed by atoms with Crippen molar-refractivity contribution in [1.82, 2.24) is 29.1 Å². The fourth-order valence-corrected chi connectivity index (χ4v) is 6.27. The van der Waals surface area contributed by atoms with Crippen LogP contribution in [0.2, 0.25) is 5.15 Å². The molecule has 0 bridgehead atoms. The average Bonchev–Trinajstić information content (AvgIpc) is 3.10. The van der Waals surface area contributed by atoms with Crippen molar-refractivity contribution in [3.8, 4) is 22.6 Å². The van der Waals surface area contributed by atoms with Gasteiger partial charge in [0.1, 0.15) is 39.8 Å². The maximum atomic E-state index is 14.5. The van der Waals surface area contributed by atoms with Gasteiger partial charge >= 0.3 is 0 Å². The number of benzene rings is 3. The highest BCUT2D eigenvalue weighted by molar-refractivity contribution is 7.98. The predicted molar refractivity (Wildman–Crippen MR) is 193 cm³/mol. The van der Waals surface area contributed by atoms with Gasteiger partial charge < -0.3 is 5.73 Å². The molecule has 3 aromatic carbocycles. The molecular weight excluding hydrogens is 726 g/mol. The normalized spacial score (nSPS) is 11.1. The average molecular weight is 750 g/mol. The van der Waals surface area contributed by atoms with Crippen molar-refractivity contribution in [2.24, 2.45) is 0 Å². The number of rotatable bonds is 5. The van der Waals surface area contributed by atoms with Gasteiger partial charge in [-0.25, -0.2) is 37.5 Å². The molecule has 0 radical (unpaired) electrons. The van der Waals surface area contributed by atoms with Gasteiger partial charge in [-0.05, 0) is 73.5 Å². The summed E-state index contributed by atoms with van der Waals surface area (Å²) >= 11 is 8.54. The van der Waals surface area contributed by atoms with Crippen LogP contribution < -0.4 is 16.9 Å². The third-order valence-corrected chi connectivity index (χ3v) is 9.00. The molecule has 7 rings (SSSR count). The lowest BCUT2D eigenvalue weighted by molar-refractivity contribution is 0.568. The molecule has 16 heteroatoms. The number of para-hydroxylation sites is 2. The number of nitrogens with two attached hydrogens (primary N) is 1. The Morgan fingerprint density at radius 3 is 1.63 bits per heavy atom. The Morgan fingerprint density at radius 2 is 1.12 bits per heavy atom. The van der Waals surface area contributed by atoms with E-state index in [4.69, 9.17) is 17.3 Å². The molecule has 7 aromatic rings. The highest BCUT2D eigenvalue weighted by Crippen LogP contribution is 2.32. The fourth-order valence-electron chi connectivity index (χ4n) is 5.27. The van der Waals surface area contributed by atoms with Gasteiger partial charge in [0.25, 0.3) is 11.1 Å². The van der Waals surface area contributed by atoms with Crippen LogP contribution in [0.5, 0.6) is 0 Å². The summed E-state index contributed by atoms with van der Waals surface area (Å²) in [6, 6.07) is 17.6. The number of nitrogens with zero attached hydrogens (tertiary/aromatic N) is 6. The second-order valence-corrected chi connectivity index (χ2v) is 12.7. The minimum absolute atomic E-state index is 0.0563. The minimum atomic E-state index is -0.866. The molecule has 4 heterocycles. The number of hydrogen-bond donors (Lipinski definition) is 1. The minimum Gasteiger partial charge on any atom is -0.399 e. The van der Waals surface area contributed by atoms with Crippen molar-refractivity contribution in [2.75, 3.05) is 18.2 Å². The second-order valence-electron chi connectivity index (χ2n) is 10.8. The highest BCUT2D eigenvalue weighted by atomic mass is 35.5. The van der Waals surface area contributed by atoms with Crippen molar-refractivity contribution < 1.29 is 17.6 Å². The Kier molecular flexibility index (Phi) is 10.1. The first-order valence-corrected chi connectivity index (χ1v) is 17.6. The number of anilines is 1. The smallest absolute Gasteiger partial charge is 0.256 e. The Bertz CT molecular complexity index is 2580. The van der Waals surface area contributed by atoms with Gasteiger partial charge in [0.2, 0.25) is 0 Å². The first-order valence-electron chi connectivity index (χ1n) is 14.8. The van der Waals surface area contributed by atoms with E-state index in [2.05, 4.69) is 19.9 Å². The van der Waals surface area contributed by atoms with Gasteiger partial charge in [-0.1, -0.05) is 53.3 Å². The van der Waals surface area contributed by atoms with Gasteiger partial charge in [-0.3, -0.25) is 18.7 Å². The Balaban J connectivity index is 0.000000183. The maximum Gasteiger partial charge on any atom is 0.256 e. The standard InChI is InChI=1S/C21H16F2N4OS.C14H8ClF2N3OS/c1-11-6-7-12(24)10-14(11)18-13-8-9-17(28)27(20(13)26-21(25-18)29-2)19-15(22)4-3-5-16(19)23;1-22-14-18-12(15)7-5-6-10(21)20(13(7)19-14)11-8(16)3-2-4-9(11)17/h3-10H,24H2,1-2H3;2-6H,1H3. The lowest BCUT2D eigenvalue weighted by atomic mass is 10.0. The molecule has 0 amide bonds. The van der Waals surface area contributed by atoms with Crippen molar-refractivity contribution in [3.05, 3.63) is 134 Å². The molecule has 0 aliphatic heterocycles. The van der Waals surface area contributed by atoms with Gasteiger partial charge in [0.15, 0.2) is 21.6 Å². The van der Waals surface area contributed by atoms with E-state index in [1.807, 2.05) is 13.0 Å². The molecule has 0 atom stereocenters. The van der Waals surface area contributed by atoms with Crippen molar-refractivity contribution in [2.45, 2.75) is 17.2 Å². The number of thioether (sulfide) groups is 2.